The monoisotopic (exact) mass is 386 g/mol. The zero-order chi connectivity index (χ0) is 20.8. The second-order valence-corrected chi connectivity index (χ2v) is 5.77. The van der Waals surface area contributed by atoms with Crippen molar-refractivity contribution >= 4 is 17.3 Å². The molecule has 28 heavy (non-hydrogen) atoms. The predicted molar refractivity (Wildman–Crippen MR) is 100 cm³/mol. The molecule has 2 aromatic carbocycles. The molecule has 0 saturated carbocycles. The largest absolute Gasteiger partial charge is 0.341 e. The molecule has 0 aliphatic heterocycles. The third-order valence-electron chi connectivity index (χ3n) is 4.42. The number of ether oxygens (including phenoxy) is 4. The summed E-state index contributed by atoms with van der Waals surface area (Å²) in [5.74, 6) is -7.60. The highest BCUT2D eigenvalue weighted by Gasteiger charge is 2.61. The summed E-state index contributed by atoms with van der Waals surface area (Å²) < 4.78 is 20.9. The number of methoxy groups -OCH3 is 4. The van der Waals surface area contributed by atoms with Crippen LogP contribution in [0.25, 0.3) is 0 Å². The molecule has 0 saturated heterocycles. The Morgan fingerprint density at radius 1 is 0.571 bits per heavy atom. The molecule has 0 amide bonds. The number of hydrogen-bond acceptors (Lipinski definition) is 7. The average Bonchev–Trinajstić information content (AvgIpc) is 2.77. The summed E-state index contributed by atoms with van der Waals surface area (Å²) in [6.07, 6.45) is 0. The minimum atomic E-state index is -2.45. The van der Waals surface area contributed by atoms with E-state index in [0.29, 0.717) is 0 Å². The third-order valence-corrected chi connectivity index (χ3v) is 4.42. The van der Waals surface area contributed by atoms with Crippen molar-refractivity contribution in [3.63, 3.8) is 0 Å². The maximum atomic E-state index is 13.5. The molecule has 7 heteroatoms. The summed E-state index contributed by atoms with van der Waals surface area (Å²) in [6.45, 7) is 0. The number of ketones is 3. The molecule has 0 aromatic heterocycles. The molecule has 0 aliphatic carbocycles. The fourth-order valence-corrected chi connectivity index (χ4v) is 2.89. The Balaban J connectivity index is 2.60. The Morgan fingerprint density at radius 2 is 0.857 bits per heavy atom. The van der Waals surface area contributed by atoms with Gasteiger partial charge in [0.15, 0.2) is 0 Å². The first kappa shape index (κ1) is 21.6. The van der Waals surface area contributed by atoms with Crippen molar-refractivity contribution < 1.29 is 33.3 Å². The van der Waals surface area contributed by atoms with Gasteiger partial charge in [-0.25, -0.2) is 0 Å². The smallest absolute Gasteiger partial charge is 0.300 e. The molecule has 0 aliphatic rings. The zero-order valence-corrected chi connectivity index (χ0v) is 16.1. The van der Waals surface area contributed by atoms with Gasteiger partial charge in [0.1, 0.15) is 0 Å². The molecule has 0 fully saturated rings. The summed E-state index contributed by atoms with van der Waals surface area (Å²) in [5.41, 5.74) is 0.320. The lowest BCUT2D eigenvalue weighted by atomic mass is 9.89. The Hall–Kier alpha value is -2.71. The third kappa shape index (κ3) is 3.53. The van der Waals surface area contributed by atoms with Crippen molar-refractivity contribution in [2.75, 3.05) is 28.4 Å². The van der Waals surface area contributed by atoms with Crippen LogP contribution in [-0.4, -0.2) is 57.4 Å². The quantitative estimate of drug-likeness (QED) is 0.352. The predicted octanol–water partition coefficient (Wildman–Crippen LogP) is 2.30. The Kier molecular flexibility index (Phi) is 6.93. The molecular formula is C21H22O7. The van der Waals surface area contributed by atoms with Crippen LogP contribution in [0.2, 0.25) is 0 Å². The van der Waals surface area contributed by atoms with Crippen LogP contribution in [0, 0.1) is 0 Å². The van der Waals surface area contributed by atoms with Gasteiger partial charge in [0, 0.05) is 39.6 Å². The van der Waals surface area contributed by atoms with Crippen molar-refractivity contribution in [2.24, 2.45) is 0 Å². The van der Waals surface area contributed by atoms with E-state index < -0.39 is 28.9 Å². The first-order chi connectivity index (χ1) is 13.4. The van der Waals surface area contributed by atoms with E-state index >= 15 is 0 Å². The van der Waals surface area contributed by atoms with Crippen molar-refractivity contribution in [1.29, 1.82) is 0 Å². The van der Waals surface area contributed by atoms with Crippen LogP contribution in [-0.2, 0) is 23.7 Å². The Bertz CT molecular complexity index is 753. The number of benzene rings is 2. The molecule has 0 heterocycles. The number of rotatable bonds is 10. The molecule has 2 aromatic rings. The molecule has 148 valence electrons. The molecule has 0 radical (unpaired) electrons. The molecule has 0 bridgehead atoms. The topological polar surface area (TPSA) is 88.1 Å². The lowest BCUT2D eigenvalue weighted by Crippen LogP contribution is -2.64. The first-order valence-electron chi connectivity index (χ1n) is 8.38. The summed E-state index contributed by atoms with van der Waals surface area (Å²) in [4.78, 5) is 39.7. The van der Waals surface area contributed by atoms with Crippen LogP contribution in [0.1, 0.15) is 20.7 Å². The normalized spacial score (nSPS) is 11.9. The zero-order valence-electron chi connectivity index (χ0n) is 16.1. The maximum absolute atomic E-state index is 13.5. The molecule has 0 spiro atoms. The van der Waals surface area contributed by atoms with Gasteiger partial charge < -0.3 is 18.9 Å². The standard InChI is InChI=1S/C21H22O7/c1-25-20(26-2,17(22)15-11-7-5-8-12-15)19(24)21(27-3,28-4)18(23)16-13-9-6-10-14-16/h5-14H,1-4H3. The van der Waals surface area contributed by atoms with Gasteiger partial charge in [-0.05, 0) is 0 Å². The van der Waals surface area contributed by atoms with Crippen LogP contribution in [0.4, 0.5) is 0 Å². The second kappa shape index (κ2) is 8.99. The molecule has 2 rings (SSSR count). The average molecular weight is 386 g/mol. The van der Waals surface area contributed by atoms with Crippen LogP contribution in [0.15, 0.2) is 60.7 Å². The van der Waals surface area contributed by atoms with E-state index in [9.17, 15) is 14.4 Å². The Labute approximate surface area is 163 Å². The SMILES string of the molecule is COC(OC)(C(=O)c1ccccc1)C(=O)C(OC)(OC)C(=O)c1ccccc1. The van der Waals surface area contributed by atoms with Gasteiger partial charge in [0.05, 0.1) is 0 Å². The fourth-order valence-electron chi connectivity index (χ4n) is 2.89. The van der Waals surface area contributed by atoms with Gasteiger partial charge in [-0.15, -0.1) is 0 Å². The van der Waals surface area contributed by atoms with Gasteiger partial charge >= 0.3 is 11.6 Å². The van der Waals surface area contributed by atoms with Gasteiger partial charge in [0.25, 0.3) is 5.78 Å². The van der Waals surface area contributed by atoms with E-state index in [1.54, 1.807) is 36.4 Å². The minimum absolute atomic E-state index is 0.160. The number of Topliss-reactive ketones (excluding diaryl/α,β-unsaturated/α-hetero) is 3. The van der Waals surface area contributed by atoms with E-state index in [1.807, 2.05) is 0 Å². The van der Waals surface area contributed by atoms with Crippen LogP contribution < -0.4 is 0 Å². The molecule has 7 nitrogen and oxygen atoms in total. The van der Waals surface area contributed by atoms with Crippen molar-refractivity contribution in [3.8, 4) is 0 Å². The molecule has 0 N–H and O–H groups in total. The van der Waals surface area contributed by atoms with E-state index in [4.69, 9.17) is 18.9 Å². The summed E-state index contributed by atoms with van der Waals surface area (Å²) >= 11 is 0. The number of carbonyl (C=O) groups is 3. The number of hydrogen-bond donors (Lipinski definition) is 0. The summed E-state index contributed by atoms with van der Waals surface area (Å²) in [7, 11) is 4.52. The lowest BCUT2D eigenvalue weighted by molar-refractivity contribution is -0.228. The van der Waals surface area contributed by atoms with Gasteiger partial charge in [-0.2, -0.15) is 0 Å². The minimum Gasteiger partial charge on any atom is -0.341 e. The lowest BCUT2D eigenvalue weighted by Gasteiger charge is -2.36. The van der Waals surface area contributed by atoms with Gasteiger partial charge in [-0.1, -0.05) is 60.7 Å². The van der Waals surface area contributed by atoms with E-state index in [0.717, 1.165) is 28.4 Å². The molecule has 0 unspecified atom stereocenters. The van der Waals surface area contributed by atoms with Crippen molar-refractivity contribution in [3.05, 3.63) is 71.8 Å². The summed E-state index contributed by atoms with van der Waals surface area (Å²) in [5, 5.41) is 0. The highest BCUT2D eigenvalue weighted by molar-refractivity contribution is 6.26. The highest BCUT2D eigenvalue weighted by atomic mass is 16.7. The number of carbonyl (C=O) groups excluding carboxylic acids is 3. The van der Waals surface area contributed by atoms with Crippen LogP contribution in [0.3, 0.4) is 0 Å². The van der Waals surface area contributed by atoms with E-state index in [-0.39, 0.29) is 11.1 Å². The van der Waals surface area contributed by atoms with Crippen LogP contribution in [0.5, 0.6) is 0 Å². The first-order valence-corrected chi connectivity index (χ1v) is 8.38. The highest BCUT2D eigenvalue weighted by Crippen LogP contribution is 2.30. The molecule has 0 atom stereocenters. The Morgan fingerprint density at radius 3 is 1.11 bits per heavy atom. The maximum Gasteiger partial charge on any atom is 0.300 e. The van der Waals surface area contributed by atoms with E-state index in [1.165, 1.54) is 24.3 Å². The van der Waals surface area contributed by atoms with E-state index in [2.05, 4.69) is 0 Å². The van der Waals surface area contributed by atoms with Crippen LogP contribution >= 0.6 is 0 Å². The van der Waals surface area contributed by atoms with Gasteiger partial charge in [-0.3, -0.25) is 14.4 Å². The second-order valence-electron chi connectivity index (χ2n) is 5.77. The summed E-state index contributed by atoms with van der Waals surface area (Å²) in [6, 6.07) is 16.0. The van der Waals surface area contributed by atoms with Gasteiger partial charge in [0.2, 0.25) is 11.6 Å². The fraction of sp³-hybridized carbons (Fsp3) is 0.286. The van der Waals surface area contributed by atoms with Crippen molar-refractivity contribution in [2.45, 2.75) is 11.6 Å². The van der Waals surface area contributed by atoms with Crippen molar-refractivity contribution in [1.82, 2.24) is 0 Å². The molecular weight excluding hydrogens is 364 g/mol.